The van der Waals surface area contributed by atoms with Gasteiger partial charge in [-0.2, -0.15) is 0 Å². The van der Waals surface area contributed by atoms with Crippen molar-refractivity contribution in [2.75, 3.05) is 6.61 Å². The normalized spacial score (nSPS) is 13.0. The van der Waals surface area contributed by atoms with Crippen LogP contribution in [0.3, 0.4) is 0 Å². The molecule has 0 unspecified atom stereocenters. The maximum atomic E-state index is 14.1. The lowest BCUT2D eigenvalue weighted by Crippen LogP contribution is -2.11. The molecule has 3 aromatic rings. The molecule has 0 saturated heterocycles. The molecule has 1 aliphatic carbocycles. The second kappa shape index (κ2) is 10.8. The number of primary amides is 1. The molecule has 1 amide bonds. The van der Waals surface area contributed by atoms with Crippen molar-refractivity contribution in [3.8, 4) is 11.3 Å². The smallest absolute Gasteiger partial charge is 0.219 e. The summed E-state index contributed by atoms with van der Waals surface area (Å²) in [5.74, 6) is -1.64. The minimum atomic E-state index is -0.594. The molecule has 1 heterocycles. The number of aromatic amines is 1. The van der Waals surface area contributed by atoms with E-state index in [1.54, 1.807) is 12.1 Å². The maximum absolute atomic E-state index is 14.1. The third kappa shape index (κ3) is 5.42. The van der Waals surface area contributed by atoms with Gasteiger partial charge in [-0.3, -0.25) is 4.79 Å². The van der Waals surface area contributed by atoms with Crippen molar-refractivity contribution in [2.45, 2.75) is 45.4 Å². The van der Waals surface area contributed by atoms with Crippen molar-refractivity contribution >= 4 is 16.8 Å². The molecule has 162 valence electrons. The molecule has 0 bridgehead atoms. The Balaban J connectivity index is 0.000000348. The Kier molecular flexibility index (Phi) is 8.47. The van der Waals surface area contributed by atoms with Gasteiger partial charge in [0.15, 0.2) is 0 Å². The van der Waals surface area contributed by atoms with E-state index in [1.807, 2.05) is 13.8 Å². The zero-order chi connectivity index (χ0) is 22.3. The van der Waals surface area contributed by atoms with E-state index in [-0.39, 0.29) is 18.8 Å². The number of carbonyl (C=O) groups excluding carboxylic acids is 1. The first-order chi connectivity index (χ1) is 14.4. The van der Waals surface area contributed by atoms with Gasteiger partial charge in [-0.05, 0) is 60.2 Å². The summed E-state index contributed by atoms with van der Waals surface area (Å²) in [7, 11) is 0. The molecule has 0 atom stereocenters. The Bertz CT molecular complexity index is 980. The van der Waals surface area contributed by atoms with Gasteiger partial charge in [0.2, 0.25) is 5.91 Å². The number of fused-ring (bicyclic) bond motifs is 1. The van der Waals surface area contributed by atoms with Gasteiger partial charge in [0.05, 0.1) is 17.8 Å². The fraction of sp³-hybridized carbons (Fsp3) is 0.348. The number of H-pyrrole nitrogens is 1. The van der Waals surface area contributed by atoms with Crippen LogP contribution in [0, 0.1) is 17.5 Å². The SMILES string of the molecule is CC.Fc1ccc(-c2[nH]c3c(F)cc(F)cc3c2C2CCC2)cc1.NC(=O)CCO. The van der Waals surface area contributed by atoms with Crippen LogP contribution in [-0.2, 0) is 4.79 Å². The number of benzene rings is 2. The van der Waals surface area contributed by atoms with Crippen molar-refractivity contribution in [3.63, 3.8) is 0 Å². The van der Waals surface area contributed by atoms with Crippen LogP contribution >= 0.6 is 0 Å². The first-order valence-electron chi connectivity index (χ1n) is 10.1. The predicted molar refractivity (Wildman–Crippen MR) is 112 cm³/mol. The Morgan fingerprint density at radius 1 is 1.10 bits per heavy atom. The van der Waals surface area contributed by atoms with Gasteiger partial charge in [0.1, 0.15) is 17.5 Å². The number of nitrogens with one attached hydrogen (secondary N) is 1. The number of halogens is 3. The van der Waals surface area contributed by atoms with Crippen molar-refractivity contribution < 1.29 is 23.1 Å². The number of hydrogen-bond acceptors (Lipinski definition) is 2. The first kappa shape index (κ1) is 23.5. The Hall–Kier alpha value is -2.80. The molecular formula is C23H27F3N2O2. The highest BCUT2D eigenvalue weighted by Crippen LogP contribution is 2.45. The third-order valence-electron chi connectivity index (χ3n) is 4.87. The van der Waals surface area contributed by atoms with E-state index in [1.165, 1.54) is 18.2 Å². The van der Waals surface area contributed by atoms with Crippen LogP contribution in [0.15, 0.2) is 36.4 Å². The van der Waals surface area contributed by atoms with Crippen LogP contribution in [0.2, 0.25) is 0 Å². The summed E-state index contributed by atoms with van der Waals surface area (Å²) >= 11 is 0. The van der Waals surface area contributed by atoms with Crippen LogP contribution < -0.4 is 5.73 Å². The highest BCUT2D eigenvalue weighted by Gasteiger charge is 2.27. The van der Waals surface area contributed by atoms with Gasteiger partial charge >= 0.3 is 0 Å². The molecule has 1 aromatic heterocycles. The number of carbonyl (C=O) groups is 1. The van der Waals surface area contributed by atoms with E-state index in [0.717, 1.165) is 42.1 Å². The van der Waals surface area contributed by atoms with Crippen LogP contribution in [0.4, 0.5) is 13.2 Å². The van der Waals surface area contributed by atoms with Crippen LogP contribution in [0.1, 0.15) is 51.0 Å². The van der Waals surface area contributed by atoms with Crippen molar-refractivity contribution in [3.05, 3.63) is 59.4 Å². The van der Waals surface area contributed by atoms with Crippen LogP contribution in [0.25, 0.3) is 22.2 Å². The predicted octanol–water partition coefficient (Wildman–Crippen LogP) is 5.40. The molecule has 0 radical (unpaired) electrons. The fourth-order valence-electron chi connectivity index (χ4n) is 3.32. The average Bonchev–Trinajstić information content (AvgIpc) is 3.03. The zero-order valence-corrected chi connectivity index (χ0v) is 17.1. The van der Waals surface area contributed by atoms with Gasteiger partial charge in [-0.1, -0.05) is 20.3 Å². The van der Waals surface area contributed by atoms with E-state index < -0.39 is 17.5 Å². The summed E-state index contributed by atoms with van der Waals surface area (Å²) < 4.78 is 40.8. The molecule has 4 nitrogen and oxygen atoms in total. The second-order valence-corrected chi connectivity index (χ2v) is 6.80. The first-order valence-corrected chi connectivity index (χ1v) is 10.1. The largest absolute Gasteiger partial charge is 0.396 e. The topological polar surface area (TPSA) is 79.1 Å². The Labute approximate surface area is 173 Å². The summed E-state index contributed by atoms with van der Waals surface area (Å²) in [5, 5.41) is 8.53. The Morgan fingerprint density at radius 3 is 2.20 bits per heavy atom. The fourth-order valence-corrected chi connectivity index (χ4v) is 3.32. The number of amides is 1. The highest BCUT2D eigenvalue weighted by atomic mass is 19.1. The van der Waals surface area contributed by atoms with Gasteiger partial charge < -0.3 is 15.8 Å². The van der Waals surface area contributed by atoms with E-state index in [0.29, 0.717) is 16.8 Å². The summed E-state index contributed by atoms with van der Waals surface area (Å²) in [6.45, 7) is 3.86. The highest BCUT2D eigenvalue weighted by molar-refractivity contribution is 5.92. The Morgan fingerprint density at radius 2 is 1.73 bits per heavy atom. The molecule has 2 aromatic carbocycles. The lowest BCUT2D eigenvalue weighted by molar-refractivity contribution is -0.118. The molecule has 0 spiro atoms. The molecule has 0 aliphatic heterocycles. The van der Waals surface area contributed by atoms with Crippen molar-refractivity contribution in [1.82, 2.24) is 4.98 Å². The number of nitrogens with two attached hydrogens (primary N) is 1. The van der Waals surface area contributed by atoms with Crippen LogP contribution in [-0.4, -0.2) is 22.6 Å². The molecule has 1 aliphatic rings. The van der Waals surface area contributed by atoms with Crippen LogP contribution in [0.5, 0.6) is 0 Å². The van der Waals surface area contributed by atoms with E-state index >= 15 is 0 Å². The quantitative estimate of drug-likeness (QED) is 0.528. The number of aliphatic hydroxyl groups excluding tert-OH is 1. The van der Waals surface area contributed by atoms with Gasteiger partial charge in [-0.25, -0.2) is 13.2 Å². The molecule has 30 heavy (non-hydrogen) atoms. The number of aromatic nitrogens is 1. The third-order valence-corrected chi connectivity index (χ3v) is 4.87. The summed E-state index contributed by atoms with van der Waals surface area (Å²) in [6, 6.07) is 8.35. The molecule has 4 rings (SSSR count). The monoisotopic (exact) mass is 420 g/mol. The second-order valence-electron chi connectivity index (χ2n) is 6.80. The summed E-state index contributed by atoms with van der Waals surface area (Å²) in [4.78, 5) is 12.7. The van der Waals surface area contributed by atoms with Crippen molar-refractivity contribution in [1.29, 1.82) is 0 Å². The number of rotatable bonds is 4. The molecule has 1 fully saturated rings. The minimum absolute atomic E-state index is 0.0694. The molecular weight excluding hydrogens is 393 g/mol. The minimum Gasteiger partial charge on any atom is -0.396 e. The van der Waals surface area contributed by atoms with Crippen molar-refractivity contribution in [2.24, 2.45) is 5.73 Å². The van der Waals surface area contributed by atoms with E-state index in [4.69, 9.17) is 5.11 Å². The lowest BCUT2D eigenvalue weighted by Gasteiger charge is -2.26. The summed E-state index contributed by atoms with van der Waals surface area (Å²) in [5.41, 5.74) is 7.43. The van der Waals surface area contributed by atoms with Gasteiger partial charge in [0.25, 0.3) is 0 Å². The summed E-state index contributed by atoms with van der Waals surface area (Å²) in [6.07, 6.45) is 3.22. The average molecular weight is 420 g/mol. The molecule has 4 N–H and O–H groups in total. The van der Waals surface area contributed by atoms with Gasteiger partial charge in [0, 0.05) is 17.9 Å². The standard InChI is InChI=1S/C18H14F3N.C3H7NO2.C2H6/c19-12-6-4-11(5-7-12)17-16(10-2-1-3-10)14-8-13(20)9-15(21)18(14)22-17;4-3(6)1-2-5;1-2/h4-10,22H,1-3H2;5H,1-2H2,(H2,4,6);1-2H3. The maximum Gasteiger partial charge on any atom is 0.219 e. The molecule has 7 heteroatoms. The number of aliphatic hydroxyl groups is 1. The molecule has 1 saturated carbocycles. The zero-order valence-electron chi connectivity index (χ0n) is 17.1. The lowest BCUT2D eigenvalue weighted by atomic mass is 9.78. The van der Waals surface area contributed by atoms with E-state index in [9.17, 15) is 18.0 Å². The van der Waals surface area contributed by atoms with Gasteiger partial charge in [-0.15, -0.1) is 0 Å². The number of hydrogen-bond donors (Lipinski definition) is 3. The van der Waals surface area contributed by atoms with E-state index in [2.05, 4.69) is 10.7 Å².